The van der Waals surface area contributed by atoms with Gasteiger partial charge in [0.15, 0.2) is 0 Å². The lowest BCUT2D eigenvalue weighted by Gasteiger charge is -2.39. The van der Waals surface area contributed by atoms with Crippen LogP contribution in [0.4, 0.5) is 19.0 Å². The van der Waals surface area contributed by atoms with Gasteiger partial charge in [0, 0.05) is 24.8 Å². The highest BCUT2D eigenvalue weighted by atomic mass is 19.4. The van der Waals surface area contributed by atoms with E-state index in [0.717, 1.165) is 56.7 Å². The van der Waals surface area contributed by atoms with Gasteiger partial charge in [-0.15, -0.1) is 0 Å². The van der Waals surface area contributed by atoms with Crippen molar-refractivity contribution in [1.82, 2.24) is 15.0 Å². The van der Waals surface area contributed by atoms with Crippen molar-refractivity contribution >= 4 is 22.8 Å². The fraction of sp³-hybridized carbons (Fsp3) is 0.480. The molecule has 0 radical (unpaired) electrons. The lowest BCUT2D eigenvalue weighted by atomic mass is 9.82. The number of piperidine rings is 1. The molecular formula is C25H27F3N4O3. The van der Waals surface area contributed by atoms with Crippen molar-refractivity contribution in [3.63, 3.8) is 0 Å². The number of carbonyl (C=O) groups excluding carboxylic acids is 1. The van der Waals surface area contributed by atoms with Crippen LogP contribution in [0.2, 0.25) is 0 Å². The molecule has 0 unspecified atom stereocenters. The van der Waals surface area contributed by atoms with Crippen molar-refractivity contribution < 1.29 is 27.4 Å². The van der Waals surface area contributed by atoms with E-state index in [1.54, 1.807) is 6.20 Å². The number of aromatic amines is 1. The third-order valence-corrected chi connectivity index (χ3v) is 6.70. The fourth-order valence-electron chi connectivity index (χ4n) is 4.66. The van der Waals surface area contributed by atoms with E-state index in [4.69, 9.17) is 9.47 Å². The van der Waals surface area contributed by atoms with Crippen LogP contribution in [0, 0.1) is 5.92 Å². The van der Waals surface area contributed by atoms with Gasteiger partial charge in [-0.25, -0.2) is 9.97 Å². The molecule has 1 aliphatic heterocycles. The van der Waals surface area contributed by atoms with Crippen molar-refractivity contribution in [3.05, 3.63) is 42.1 Å². The monoisotopic (exact) mass is 488 g/mol. The SMILES string of the molecule is CCOC(=O)C1CC(OC2CCN(c3ccc(-c4nc5ccc(C(F)(F)F)cc5[nH]4)cn3)CC2)C1. The lowest BCUT2D eigenvalue weighted by Crippen LogP contribution is -2.43. The molecule has 2 fully saturated rings. The topological polar surface area (TPSA) is 80.3 Å². The normalized spacial score (nSPS) is 21.2. The molecule has 35 heavy (non-hydrogen) atoms. The first-order chi connectivity index (χ1) is 16.8. The zero-order valence-electron chi connectivity index (χ0n) is 19.3. The number of pyridine rings is 1. The first-order valence-electron chi connectivity index (χ1n) is 11.9. The predicted octanol–water partition coefficient (Wildman–Crippen LogP) is 4.97. The van der Waals surface area contributed by atoms with Crippen molar-refractivity contribution in [2.75, 3.05) is 24.6 Å². The maximum Gasteiger partial charge on any atom is 0.416 e. The van der Waals surface area contributed by atoms with E-state index < -0.39 is 11.7 Å². The summed E-state index contributed by atoms with van der Waals surface area (Å²) in [6, 6.07) is 7.25. The molecule has 5 rings (SSSR count). The molecule has 7 nitrogen and oxygen atoms in total. The highest BCUT2D eigenvalue weighted by Crippen LogP contribution is 2.34. The number of H-pyrrole nitrogens is 1. The molecule has 0 atom stereocenters. The van der Waals surface area contributed by atoms with E-state index in [2.05, 4.69) is 19.9 Å². The van der Waals surface area contributed by atoms with Gasteiger partial charge >= 0.3 is 12.1 Å². The molecule has 186 valence electrons. The number of nitrogens with zero attached hydrogens (tertiary/aromatic N) is 3. The molecule has 1 saturated carbocycles. The largest absolute Gasteiger partial charge is 0.466 e. The van der Waals surface area contributed by atoms with Crippen LogP contribution < -0.4 is 4.90 Å². The zero-order chi connectivity index (χ0) is 24.6. The molecule has 2 aliphatic rings. The summed E-state index contributed by atoms with van der Waals surface area (Å²) in [6.07, 6.45) is 0.839. The van der Waals surface area contributed by atoms with E-state index in [9.17, 15) is 18.0 Å². The van der Waals surface area contributed by atoms with Gasteiger partial charge in [-0.1, -0.05) is 0 Å². The van der Waals surface area contributed by atoms with Crippen LogP contribution in [0.1, 0.15) is 38.2 Å². The average Bonchev–Trinajstić information content (AvgIpc) is 3.25. The number of anilines is 1. The third-order valence-electron chi connectivity index (χ3n) is 6.70. The number of imidazole rings is 1. The lowest BCUT2D eigenvalue weighted by molar-refractivity contribution is -0.160. The van der Waals surface area contributed by atoms with Gasteiger partial charge in [0.25, 0.3) is 0 Å². The number of rotatable bonds is 6. The number of nitrogens with one attached hydrogen (secondary N) is 1. The maximum atomic E-state index is 13.0. The number of hydrogen-bond donors (Lipinski definition) is 1. The zero-order valence-corrected chi connectivity index (χ0v) is 19.3. The van der Waals surface area contributed by atoms with Gasteiger partial charge < -0.3 is 19.4 Å². The Hall–Kier alpha value is -3.14. The van der Waals surface area contributed by atoms with Gasteiger partial charge in [-0.05, 0) is 62.9 Å². The van der Waals surface area contributed by atoms with Crippen LogP contribution in [0.5, 0.6) is 0 Å². The first kappa shape index (κ1) is 23.6. The Balaban J connectivity index is 1.15. The fourth-order valence-corrected chi connectivity index (χ4v) is 4.66. The Morgan fingerprint density at radius 1 is 1.14 bits per heavy atom. The third kappa shape index (κ3) is 5.12. The molecule has 0 bridgehead atoms. The second-order valence-electron chi connectivity index (χ2n) is 9.09. The summed E-state index contributed by atoms with van der Waals surface area (Å²) in [5.74, 6) is 1.17. The molecule has 1 saturated heterocycles. The molecule has 10 heteroatoms. The van der Waals surface area contributed by atoms with E-state index in [0.29, 0.717) is 29.0 Å². The van der Waals surface area contributed by atoms with Crippen LogP contribution in [0.3, 0.4) is 0 Å². The van der Waals surface area contributed by atoms with Crippen molar-refractivity contribution in [2.45, 2.75) is 51.0 Å². The minimum absolute atomic E-state index is 0.0267. The van der Waals surface area contributed by atoms with E-state index >= 15 is 0 Å². The van der Waals surface area contributed by atoms with Gasteiger partial charge in [0.1, 0.15) is 11.6 Å². The Labute approximate surface area is 200 Å². The van der Waals surface area contributed by atoms with E-state index in [1.165, 1.54) is 6.07 Å². The summed E-state index contributed by atoms with van der Waals surface area (Å²) in [6.45, 7) is 3.86. The number of esters is 1. The Bertz CT molecular complexity index is 1180. The summed E-state index contributed by atoms with van der Waals surface area (Å²) < 4.78 is 50.1. The molecule has 3 aromatic rings. The summed E-state index contributed by atoms with van der Waals surface area (Å²) in [5.41, 5.74) is 0.801. The highest BCUT2D eigenvalue weighted by molar-refractivity contribution is 5.80. The number of carbonyl (C=O) groups is 1. The summed E-state index contributed by atoms with van der Waals surface area (Å²) in [5, 5.41) is 0. The summed E-state index contributed by atoms with van der Waals surface area (Å²) in [7, 11) is 0. The standard InChI is InChI=1S/C25H27F3N4O3/c1-2-34-24(33)16-11-19(12-16)35-18-7-9-32(10-8-18)22-6-3-15(14-29-22)23-30-20-5-4-17(25(26,27)28)13-21(20)31-23/h3-6,13-14,16,18-19H,2,7-12H2,1H3,(H,30,31). The minimum atomic E-state index is -4.40. The van der Waals surface area contributed by atoms with Gasteiger partial charge in [0.2, 0.25) is 0 Å². The van der Waals surface area contributed by atoms with Crippen LogP contribution in [0.25, 0.3) is 22.4 Å². The molecule has 1 aromatic carbocycles. The Kier molecular flexibility index (Phi) is 6.39. The molecule has 1 aliphatic carbocycles. The number of fused-ring (bicyclic) bond motifs is 1. The van der Waals surface area contributed by atoms with Crippen LogP contribution >= 0.6 is 0 Å². The van der Waals surface area contributed by atoms with Crippen molar-refractivity contribution in [2.24, 2.45) is 5.92 Å². The number of hydrogen-bond acceptors (Lipinski definition) is 6. The van der Waals surface area contributed by atoms with Gasteiger partial charge in [0.05, 0.1) is 41.3 Å². The number of alkyl halides is 3. The number of ether oxygens (including phenoxy) is 2. The second kappa shape index (κ2) is 9.49. The average molecular weight is 489 g/mol. The molecular weight excluding hydrogens is 461 g/mol. The van der Waals surface area contributed by atoms with Gasteiger partial charge in [-0.2, -0.15) is 13.2 Å². The summed E-state index contributed by atoms with van der Waals surface area (Å²) >= 11 is 0. The molecule has 2 aromatic heterocycles. The van der Waals surface area contributed by atoms with Crippen LogP contribution in [-0.2, 0) is 20.4 Å². The second-order valence-corrected chi connectivity index (χ2v) is 9.09. The number of benzene rings is 1. The van der Waals surface area contributed by atoms with Crippen LogP contribution in [0.15, 0.2) is 36.5 Å². The maximum absolute atomic E-state index is 13.0. The highest BCUT2D eigenvalue weighted by Gasteiger charge is 2.38. The van der Waals surface area contributed by atoms with Gasteiger partial charge in [-0.3, -0.25) is 4.79 Å². The number of halogens is 3. The minimum Gasteiger partial charge on any atom is -0.466 e. The molecule has 0 amide bonds. The quantitative estimate of drug-likeness (QED) is 0.494. The summed E-state index contributed by atoms with van der Waals surface area (Å²) in [4.78, 5) is 25.9. The molecule has 0 spiro atoms. The van der Waals surface area contributed by atoms with E-state index in [1.807, 2.05) is 19.1 Å². The Morgan fingerprint density at radius 2 is 1.91 bits per heavy atom. The molecule has 3 heterocycles. The van der Waals surface area contributed by atoms with Crippen LogP contribution in [-0.4, -0.2) is 52.8 Å². The number of aromatic nitrogens is 3. The molecule has 1 N–H and O–H groups in total. The predicted molar refractivity (Wildman–Crippen MR) is 124 cm³/mol. The smallest absolute Gasteiger partial charge is 0.416 e. The van der Waals surface area contributed by atoms with Crippen molar-refractivity contribution in [3.8, 4) is 11.4 Å². The first-order valence-corrected chi connectivity index (χ1v) is 11.9. The Morgan fingerprint density at radius 3 is 2.57 bits per heavy atom. The van der Waals surface area contributed by atoms with Crippen molar-refractivity contribution in [1.29, 1.82) is 0 Å². The van der Waals surface area contributed by atoms with E-state index in [-0.39, 0.29) is 24.1 Å².